The number of nitrogens with one attached hydrogen (secondary N) is 2. The highest BCUT2D eigenvalue weighted by molar-refractivity contribution is 5.81. The molecule has 0 heterocycles. The molecular formula is C12H21F3N2O3. The molecule has 0 aliphatic heterocycles. The molecule has 0 aromatic heterocycles. The second kappa shape index (κ2) is 7.47. The maximum Gasteiger partial charge on any atom is 0.416 e. The molecule has 0 rings (SSSR count). The van der Waals surface area contributed by atoms with Gasteiger partial charge in [0.1, 0.15) is 0 Å². The highest BCUT2D eigenvalue weighted by Gasteiger charge is 2.38. The molecule has 0 aliphatic carbocycles. The monoisotopic (exact) mass is 298 g/mol. The molecule has 118 valence electrons. The van der Waals surface area contributed by atoms with Gasteiger partial charge in [0.25, 0.3) is 0 Å². The maximum atomic E-state index is 12.0. The zero-order valence-corrected chi connectivity index (χ0v) is 11.8. The summed E-state index contributed by atoms with van der Waals surface area (Å²) in [4.78, 5) is 22.7. The SMILES string of the molecule is CC(C)(C)C(=O)NCCCC(=O)NCC(O)C(F)(F)F. The molecule has 3 N–H and O–H groups in total. The predicted octanol–water partition coefficient (Wildman–Crippen LogP) is 0.968. The Bertz CT molecular complexity index is 338. The van der Waals surface area contributed by atoms with Crippen molar-refractivity contribution in [2.75, 3.05) is 13.1 Å². The van der Waals surface area contributed by atoms with Crippen molar-refractivity contribution in [3.05, 3.63) is 0 Å². The van der Waals surface area contributed by atoms with Crippen LogP contribution in [0.15, 0.2) is 0 Å². The molecule has 0 radical (unpaired) electrons. The van der Waals surface area contributed by atoms with Gasteiger partial charge in [0.05, 0.1) is 6.54 Å². The molecular weight excluding hydrogens is 277 g/mol. The summed E-state index contributed by atoms with van der Waals surface area (Å²) in [5.74, 6) is -0.760. The molecule has 1 atom stereocenters. The molecule has 0 aromatic carbocycles. The smallest absolute Gasteiger partial charge is 0.382 e. The number of hydrogen-bond donors (Lipinski definition) is 3. The molecule has 0 fully saturated rings. The topological polar surface area (TPSA) is 78.4 Å². The van der Waals surface area contributed by atoms with Crippen molar-refractivity contribution in [1.82, 2.24) is 10.6 Å². The highest BCUT2D eigenvalue weighted by Crippen LogP contribution is 2.19. The Morgan fingerprint density at radius 3 is 2.15 bits per heavy atom. The predicted molar refractivity (Wildman–Crippen MR) is 66.8 cm³/mol. The standard InChI is InChI=1S/C12H21F3N2O3/c1-11(2,3)10(20)16-6-4-5-9(19)17-7-8(18)12(13,14)15/h8,18H,4-7H2,1-3H3,(H,16,20)(H,17,19). The van der Waals surface area contributed by atoms with E-state index in [0.717, 1.165) is 0 Å². The van der Waals surface area contributed by atoms with Gasteiger partial charge < -0.3 is 15.7 Å². The van der Waals surface area contributed by atoms with E-state index in [4.69, 9.17) is 5.11 Å². The molecule has 0 aromatic rings. The molecule has 0 saturated carbocycles. The first-order valence-electron chi connectivity index (χ1n) is 6.24. The molecule has 0 aliphatic rings. The van der Waals surface area contributed by atoms with E-state index in [9.17, 15) is 22.8 Å². The van der Waals surface area contributed by atoms with E-state index in [1.807, 2.05) is 5.32 Å². The summed E-state index contributed by atoms with van der Waals surface area (Å²) in [6.45, 7) is 4.64. The first-order chi connectivity index (χ1) is 8.94. The number of carbonyl (C=O) groups is 2. The Hall–Kier alpha value is -1.31. The second-order valence-corrected chi connectivity index (χ2v) is 5.47. The number of aliphatic hydroxyl groups excluding tert-OH is 1. The van der Waals surface area contributed by atoms with Crippen molar-refractivity contribution in [1.29, 1.82) is 0 Å². The second-order valence-electron chi connectivity index (χ2n) is 5.47. The lowest BCUT2D eigenvalue weighted by atomic mass is 9.96. The molecule has 0 spiro atoms. The van der Waals surface area contributed by atoms with Gasteiger partial charge in [0.15, 0.2) is 6.10 Å². The quantitative estimate of drug-likeness (QED) is 0.639. The van der Waals surface area contributed by atoms with Gasteiger partial charge in [-0.2, -0.15) is 13.2 Å². The van der Waals surface area contributed by atoms with Crippen molar-refractivity contribution in [2.24, 2.45) is 5.41 Å². The third kappa shape index (κ3) is 7.98. The number of aliphatic hydroxyl groups is 1. The molecule has 8 heteroatoms. The highest BCUT2D eigenvalue weighted by atomic mass is 19.4. The third-order valence-corrected chi connectivity index (χ3v) is 2.42. The number of carbonyl (C=O) groups excluding carboxylic acids is 2. The normalized spacial score (nSPS) is 13.8. The molecule has 1 unspecified atom stereocenters. The van der Waals surface area contributed by atoms with Crippen molar-refractivity contribution >= 4 is 11.8 Å². The summed E-state index contributed by atoms with van der Waals surface area (Å²) in [6, 6.07) is 0. The van der Waals surface area contributed by atoms with Gasteiger partial charge in [-0.25, -0.2) is 0 Å². The van der Waals surface area contributed by atoms with Crippen LogP contribution in [0.4, 0.5) is 13.2 Å². The Balaban J connectivity index is 3.78. The van der Waals surface area contributed by atoms with Crippen LogP contribution in [-0.2, 0) is 9.59 Å². The van der Waals surface area contributed by atoms with Gasteiger partial charge in [-0.15, -0.1) is 0 Å². The van der Waals surface area contributed by atoms with Crippen molar-refractivity contribution < 1.29 is 27.9 Å². The lowest BCUT2D eigenvalue weighted by molar-refractivity contribution is -0.201. The lowest BCUT2D eigenvalue weighted by Gasteiger charge is -2.17. The Labute approximate surface area is 115 Å². The lowest BCUT2D eigenvalue weighted by Crippen LogP contribution is -2.41. The largest absolute Gasteiger partial charge is 0.416 e. The minimum Gasteiger partial charge on any atom is -0.382 e. The molecule has 20 heavy (non-hydrogen) atoms. The van der Waals surface area contributed by atoms with Crippen LogP contribution in [0.2, 0.25) is 0 Å². The van der Waals surface area contributed by atoms with E-state index in [1.54, 1.807) is 20.8 Å². The molecule has 0 saturated heterocycles. The first-order valence-corrected chi connectivity index (χ1v) is 6.24. The van der Waals surface area contributed by atoms with E-state index in [0.29, 0.717) is 6.42 Å². The van der Waals surface area contributed by atoms with Crippen LogP contribution in [-0.4, -0.2) is 42.3 Å². The van der Waals surface area contributed by atoms with Crippen LogP contribution >= 0.6 is 0 Å². The third-order valence-electron chi connectivity index (χ3n) is 2.42. The fraction of sp³-hybridized carbons (Fsp3) is 0.833. The maximum absolute atomic E-state index is 12.0. The Morgan fingerprint density at radius 2 is 1.70 bits per heavy atom. The average Bonchev–Trinajstić information content (AvgIpc) is 2.28. The van der Waals surface area contributed by atoms with Crippen molar-refractivity contribution in [2.45, 2.75) is 45.9 Å². The van der Waals surface area contributed by atoms with E-state index in [1.165, 1.54) is 0 Å². The van der Waals surface area contributed by atoms with Crippen molar-refractivity contribution in [3.8, 4) is 0 Å². The van der Waals surface area contributed by atoms with Gasteiger partial charge in [-0.1, -0.05) is 20.8 Å². The minimum absolute atomic E-state index is 0.0188. The van der Waals surface area contributed by atoms with Crippen LogP contribution in [0.3, 0.4) is 0 Å². The van der Waals surface area contributed by atoms with E-state index >= 15 is 0 Å². The number of halogens is 3. The average molecular weight is 298 g/mol. The zero-order valence-electron chi connectivity index (χ0n) is 11.8. The van der Waals surface area contributed by atoms with E-state index in [2.05, 4.69) is 5.32 Å². The van der Waals surface area contributed by atoms with E-state index < -0.39 is 30.1 Å². The van der Waals surface area contributed by atoms with Crippen LogP contribution in [0.1, 0.15) is 33.6 Å². The Morgan fingerprint density at radius 1 is 1.15 bits per heavy atom. The summed E-state index contributed by atoms with van der Waals surface area (Å²) < 4.78 is 35.9. The van der Waals surface area contributed by atoms with E-state index in [-0.39, 0.29) is 18.9 Å². The number of rotatable bonds is 6. The van der Waals surface area contributed by atoms with Crippen LogP contribution in [0.25, 0.3) is 0 Å². The zero-order chi connectivity index (χ0) is 16.0. The van der Waals surface area contributed by atoms with Gasteiger partial charge >= 0.3 is 6.18 Å². The molecule has 2 amide bonds. The summed E-state index contributed by atoms with van der Waals surface area (Å²) in [5.41, 5.74) is -0.529. The van der Waals surface area contributed by atoms with Crippen LogP contribution in [0, 0.1) is 5.41 Å². The van der Waals surface area contributed by atoms with Crippen LogP contribution in [0.5, 0.6) is 0 Å². The molecule has 5 nitrogen and oxygen atoms in total. The minimum atomic E-state index is -4.74. The number of amides is 2. The van der Waals surface area contributed by atoms with Gasteiger partial charge in [-0.05, 0) is 6.42 Å². The van der Waals surface area contributed by atoms with Crippen molar-refractivity contribution in [3.63, 3.8) is 0 Å². The van der Waals surface area contributed by atoms with Gasteiger partial charge in [-0.3, -0.25) is 9.59 Å². The first kappa shape index (κ1) is 18.7. The number of hydrogen-bond acceptors (Lipinski definition) is 3. The summed E-state index contributed by atoms with van der Waals surface area (Å²) in [6.07, 6.45) is -7.01. The van der Waals surface area contributed by atoms with Crippen LogP contribution < -0.4 is 10.6 Å². The summed E-state index contributed by atoms with van der Waals surface area (Å²) >= 11 is 0. The fourth-order valence-corrected chi connectivity index (χ4v) is 1.13. The van der Waals surface area contributed by atoms with Gasteiger partial charge in [0, 0.05) is 18.4 Å². The molecule has 0 bridgehead atoms. The number of alkyl halides is 3. The summed E-state index contributed by atoms with van der Waals surface area (Å²) in [7, 11) is 0. The Kier molecular flexibility index (Phi) is 6.98. The van der Waals surface area contributed by atoms with Gasteiger partial charge in [0.2, 0.25) is 11.8 Å². The summed E-state index contributed by atoms with van der Waals surface area (Å²) in [5, 5.41) is 13.3. The fourth-order valence-electron chi connectivity index (χ4n) is 1.13.